The first kappa shape index (κ1) is 40.4. The summed E-state index contributed by atoms with van der Waals surface area (Å²) >= 11 is 0. The number of esters is 1. The Balaban J connectivity index is 2.07. The quantitative estimate of drug-likeness (QED) is 0.0996. The van der Waals surface area contributed by atoms with Gasteiger partial charge in [0.1, 0.15) is 35.6 Å². The Bertz CT molecular complexity index is 1430. The van der Waals surface area contributed by atoms with Crippen LogP contribution in [0.15, 0.2) is 48.5 Å². The number of benzene rings is 2. The molecule has 13 nitrogen and oxygen atoms in total. The van der Waals surface area contributed by atoms with Crippen molar-refractivity contribution >= 4 is 35.7 Å². The van der Waals surface area contributed by atoms with Crippen LogP contribution in [0.4, 0.5) is 15.3 Å². The maximum Gasteiger partial charge on any atom is 0.408 e. The molecule has 0 aromatic heterocycles. The SMILES string of the molecule is CC(C)[C@H](NC(=O)OCc1ccccc1)C(=O)N[C@@H](C)C(=O)Nc1cc(C[C@@H](CCC(=O)OC(C)(C)C)NC(=O)OC(C)(C)C)ccc1O. The van der Waals surface area contributed by atoms with Crippen molar-refractivity contribution < 1.29 is 43.3 Å². The fourth-order valence-electron chi connectivity index (χ4n) is 4.52. The summed E-state index contributed by atoms with van der Waals surface area (Å²) < 4.78 is 16.0. The van der Waals surface area contributed by atoms with Crippen molar-refractivity contribution in [3.05, 3.63) is 59.7 Å². The molecule has 0 heterocycles. The monoisotopic (exact) mass is 684 g/mol. The van der Waals surface area contributed by atoms with Gasteiger partial charge in [0.2, 0.25) is 11.8 Å². The lowest BCUT2D eigenvalue weighted by atomic mass is 10.0. The highest BCUT2D eigenvalue weighted by atomic mass is 16.6. The summed E-state index contributed by atoms with van der Waals surface area (Å²) in [7, 11) is 0. The third-order valence-electron chi connectivity index (χ3n) is 6.83. The number of hydrogen-bond donors (Lipinski definition) is 5. The molecule has 5 N–H and O–H groups in total. The second kappa shape index (κ2) is 18.1. The summed E-state index contributed by atoms with van der Waals surface area (Å²) in [6.07, 6.45) is -0.919. The fourth-order valence-corrected chi connectivity index (χ4v) is 4.52. The first-order chi connectivity index (χ1) is 22.7. The van der Waals surface area contributed by atoms with E-state index in [4.69, 9.17) is 14.2 Å². The van der Waals surface area contributed by atoms with Gasteiger partial charge < -0.3 is 40.6 Å². The Morgan fingerprint density at radius 1 is 0.755 bits per heavy atom. The van der Waals surface area contributed by atoms with Crippen LogP contribution in [0.1, 0.15) is 86.3 Å². The molecule has 0 unspecified atom stereocenters. The van der Waals surface area contributed by atoms with Crippen LogP contribution in [0.25, 0.3) is 0 Å². The molecule has 0 radical (unpaired) electrons. The zero-order valence-electron chi connectivity index (χ0n) is 30.0. The first-order valence-electron chi connectivity index (χ1n) is 16.3. The van der Waals surface area contributed by atoms with Crippen LogP contribution >= 0.6 is 0 Å². The van der Waals surface area contributed by atoms with Crippen molar-refractivity contribution in [2.24, 2.45) is 5.92 Å². The molecular weight excluding hydrogens is 632 g/mol. The number of carbonyl (C=O) groups excluding carboxylic acids is 5. The highest BCUT2D eigenvalue weighted by Gasteiger charge is 2.28. The average Bonchev–Trinajstić information content (AvgIpc) is 2.97. The zero-order valence-corrected chi connectivity index (χ0v) is 30.0. The smallest absolute Gasteiger partial charge is 0.408 e. The third-order valence-corrected chi connectivity index (χ3v) is 6.83. The van der Waals surface area contributed by atoms with Crippen molar-refractivity contribution in [2.45, 2.75) is 118 Å². The van der Waals surface area contributed by atoms with Crippen molar-refractivity contribution in [1.29, 1.82) is 0 Å². The van der Waals surface area contributed by atoms with Crippen LogP contribution < -0.4 is 21.3 Å². The number of rotatable bonds is 14. The van der Waals surface area contributed by atoms with E-state index in [1.165, 1.54) is 13.0 Å². The lowest BCUT2D eigenvalue weighted by Crippen LogP contribution is -2.53. The van der Waals surface area contributed by atoms with Gasteiger partial charge in [-0.05, 0) is 90.5 Å². The van der Waals surface area contributed by atoms with Gasteiger partial charge in [0.25, 0.3) is 0 Å². The predicted molar refractivity (Wildman–Crippen MR) is 185 cm³/mol. The highest BCUT2D eigenvalue weighted by Crippen LogP contribution is 2.26. The van der Waals surface area contributed by atoms with Gasteiger partial charge in [0.05, 0.1) is 5.69 Å². The molecule has 49 heavy (non-hydrogen) atoms. The molecule has 3 atom stereocenters. The minimum absolute atomic E-state index is 0.0298. The molecule has 0 saturated heterocycles. The lowest BCUT2D eigenvalue weighted by Gasteiger charge is -2.25. The van der Waals surface area contributed by atoms with Crippen LogP contribution in [0.3, 0.4) is 0 Å². The van der Waals surface area contributed by atoms with Crippen molar-refractivity contribution in [3.8, 4) is 5.75 Å². The van der Waals surface area contributed by atoms with E-state index in [0.717, 1.165) is 5.56 Å². The number of carbonyl (C=O) groups is 5. The normalized spacial score (nSPS) is 13.3. The number of hydrogen-bond acceptors (Lipinski definition) is 9. The minimum Gasteiger partial charge on any atom is -0.506 e. The van der Waals surface area contributed by atoms with Gasteiger partial charge in [-0.1, -0.05) is 50.2 Å². The van der Waals surface area contributed by atoms with E-state index < -0.39 is 59.3 Å². The molecule has 0 aliphatic rings. The number of phenols is 1. The van der Waals surface area contributed by atoms with Gasteiger partial charge in [-0.15, -0.1) is 0 Å². The zero-order chi connectivity index (χ0) is 36.9. The third kappa shape index (κ3) is 15.8. The summed E-state index contributed by atoms with van der Waals surface area (Å²) in [6.45, 7) is 15.5. The second-order valence-electron chi connectivity index (χ2n) is 14.2. The molecule has 2 rings (SSSR count). The molecule has 0 spiro atoms. The van der Waals surface area contributed by atoms with E-state index in [-0.39, 0.29) is 43.2 Å². The minimum atomic E-state index is -1.05. The van der Waals surface area contributed by atoms with Gasteiger partial charge in [-0.2, -0.15) is 0 Å². The maximum atomic E-state index is 13.1. The number of alkyl carbamates (subject to hydrolysis) is 2. The predicted octanol–water partition coefficient (Wildman–Crippen LogP) is 5.34. The first-order valence-corrected chi connectivity index (χ1v) is 16.3. The van der Waals surface area contributed by atoms with Gasteiger partial charge in [0, 0.05) is 12.5 Å². The topological polar surface area (TPSA) is 181 Å². The number of ether oxygens (including phenoxy) is 3. The number of amides is 4. The Morgan fingerprint density at radius 3 is 1.98 bits per heavy atom. The van der Waals surface area contributed by atoms with E-state index >= 15 is 0 Å². The summed E-state index contributed by atoms with van der Waals surface area (Å²) in [4.78, 5) is 63.6. The van der Waals surface area contributed by atoms with Crippen LogP contribution in [-0.2, 0) is 41.6 Å². The van der Waals surface area contributed by atoms with E-state index in [1.54, 1.807) is 79.7 Å². The molecule has 0 aliphatic heterocycles. The number of nitrogens with one attached hydrogen (secondary N) is 4. The lowest BCUT2D eigenvalue weighted by molar-refractivity contribution is -0.155. The highest BCUT2D eigenvalue weighted by molar-refractivity contribution is 5.99. The molecule has 0 aliphatic carbocycles. The van der Waals surface area contributed by atoms with Gasteiger partial charge in [-0.3, -0.25) is 14.4 Å². The average molecular weight is 685 g/mol. The van der Waals surface area contributed by atoms with E-state index in [1.807, 2.05) is 18.2 Å². The van der Waals surface area contributed by atoms with Gasteiger partial charge >= 0.3 is 18.2 Å². The summed E-state index contributed by atoms with van der Waals surface area (Å²) in [5, 5.41) is 21.1. The van der Waals surface area contributed by atoms with E-state index in [0.29, 0.717) is 5.56 Å². The molecule has 4 amide bonds. The van der Waals surface area contributed by atoms with Crippen molar-refractivity contribution in [1.82, 2.24) is 16.0 Å². The van der Waals surface area contributed by atoms with E-state index in [2.05, 4.69) is 21.3 Å². The van der Waals surface area contributed by atoms with Crippen molar-refractivity contribution in [2.75, 3.05) is 5.32 Å². The molecule has 0 fully saturated rings. The number of anilines is 1. The Labute approximate surface area is 288 Å². The second-order valence-corrected chi connectivity index (χ2v) is 14.2. The summed E-state index contributed by atoms with van der Waals surface area (Å²) in [6, 6.07) is 11.1. The number of phenolic OH excluding ortho intramolecular Hbond substituents is 1. The Hall–Kier alpha value is -4.81. The van der Waals surface area contributed by atoms with Crippen LogP contribution in [-0.4, -0.2) is 64.4 Å². The van der Waals surface area contributed by atoms with Crippen LogP contribution in [0, 0.1) is 5.92 Å². The molecule has 13 heteroatoms. The Morgan fingerprint density at radius 2 is 1.39 bits per heavy atom. The van der Waals surface area contributed by atoms with Gasteiger partial charge in [0.15, 0.2) is 0 Å². The molecule has 2 aromatic rings. The van der Waals surface area contributed by atoms with E-state index in [9.17, 15) is 29.1 Å². The largest absolute Gasteiger partial charge is 0.506 e. The maximum absolute atomic E-state index is 13.1. The summed E-state index contributed by atoms with van der Waals surface area (Å²) in [5.41, 5.74) is 0.102. The molecule has 2 aromatic carbocycles. The molecule has 0 saturated carbocycles. The Kier molecular flexibility index (Phi) is 14.9. The molecule has 270 valence electrons. The molecule has 0 bridgehead atoms. The van der Waals surface area contributed by atoms with Crippen LogP contribution in [0.5, 0.6) is 5.75 Å². The fraction of sp³-hybridized carbons (Fsp3) is 0.528. The standard InChI is InChI=1S/C36H52N4O9/c1-22(2)30(40-33(45)47-21-24-13-11-10-12-14-24)32(44)37-23(3)31(43)39-27-20-25(15-17-28(27)41)19-26(38-34(46)49-36(7,8)9)16-18-29(42)48-35(4,5)6/h10-15,17,20,22-23,26,30,41H,16,18-19,21H2,1-9H3,(H,37,44)(H,38,46)(H,39,43)(H,40,45)/t23-,26+,30-/m0/s1. The van der Waals surface area contributed by atoms with Crippen LogP contribution in [0.2, 0.25) is 0 Å². The van der Waals surface area contributed by atoms with Crippen molar-refractivity contribution in [3.63, 3.8) is 0 Å². The summed E-state index contributed by atoms with van der Waals surface area (Å²) in [5.74, 6) is -2.17. The molecular formula is C36H52N4O9. The van der Waals surface area contributed by atoms with Gasteiger partial charge in [-0.25, -0.2) is 9.59 Å². The number of aromatic hydroxyl groups is 1.